The van der Waals surface area contributed by atoms with Crippen molar-refractivity contribution in [2.45, 2.75) is 46.5 Å². The maximum absolute atomic E-state index is 11.4. The molecule has 118 valence electrons. The average Bonchev–Trinajstić information content (AvgIpc) is 2.38. The van der Waals surface area contributed by atoms with Gasteiger partial charge in [-0.1, -0.05) is 13.8 Å². The van der Waals surface area contributed by atoms with Gasteiger partial charge in [0, 0.05) is 32.2 Å². The van der Waals surface area contributed by atoms with Gasteiger partial charge in [0.25, 0.3) is 0 Å². The minimum absolute atomic E-state index is 0. The third-order valence-corrected chi connectivity index (χ3v) is 3.56. The van der Waals surface area contributed by atoms with Crippen molar-refractivity contribution in [3.8, 4) is 0 Å². The van der Waals surface area contributed by atoms with Crippen molar-refractivity contribution in [2.24, 2.45) is 0 Å². The van der Waals surface area contributed by atoms with Crippen LogP contribution in [0.1, 0.15) is 46.5 Å². The molecule has 0 bridgehead atoms. The zero-order valence-corrected chi connectivity index (χ0v) is 12.6. The van der Waals surface area contributed by atoms with E-state index in [1.165, 1.54) is 11.8 Å². The Labute approximate surface area is 126 Å². The van der Waals surface area contributed by atoms with Crippen LogP contribution in [0.5, 0.6) is 0 Å². The number of hydrogen-bond acceptors (Lipinski definition) is 4. The van der Waals surface area contributed by atoms with Gasteiger partial charge in [-0.05, 0) is 19.8 Å². The summed E-state index contributed by atoms with van der Waals surface area (Å²) in [7, 11) is 1.63. The molecule has 0 aromatic rings. The Hall–Kier alpha value is -1.04. The number of unbranched alkanes of at least 4 members (excludes halogenated alkanes) is 2. The molecule has 20 heavy (non-hydrogen) atoms. The largest absolute Gasteiger partial charge is 0.359 e. The van der Waals surface area contributed by atoms with Crippen LogP contribution in [0.4, 0.5) is 0 Å². The van der Waals surface area contributed by atoms with Gasteiger partial charge in [0.15, 0.2) is 0 Å². The minimum atomic E-state index is 0. The van der Waals surface area contributed by atoms with Crippen molar-refractivity contribution in [1.29, 1.82) is 0 Å². The standard InChI is InChI=1S/C13H24N2O3S.CH4/c1-11(16)10-19-9-7-13(18)15-8-5-3-4-6-12(17)14-2;/h3-10H2,1-2H3,(H,14,17)(H,15,18);1H4. The van der Waals surface area contributed by atoms with Gasteiger partial charge in [-0.3, -0.25) is 14.4 Å². The monoisotopic (exact) mass is 304 g/mol. The van der Waals surface area contributed by atoms with Gasteiger partial charge in [-0.2, -0.15) is 11.8 Å². The van der Waals surface area contributed by atoms with Crippen molar-refractivity contribution >= 4 is 29.4 Å². The van der Waals surface area contributed by atoms with Crippen LogP contribution >= 0.6 is 11.8 Å². The van der Waals surface area contributed by atoms with E-state index >= 15 is 0 Å². The summed E-state index contributed by atoms with van der Waals surface area (Å²) in [5, 5.41) is 5.41. The first-order valence-electron chi connectivity index (χ1n) is 6.60. The van der Waals surface area contributed by atoms with Crippen LogP contribution in [0.15, 0.2) is 0 Å². The summed E-state index contributed by atoms with van der Waals surface area (Å²) in [5.74, 6) is 1.39. The average molecular weight is 304 g/mol. The molecule has 2 N–H and O–H groups in total. The minimum Gasteiger partial charge on any atom is -0.359 e. The fraction of sp³-hybridized carbons (Fsp3) is 0.786. The molecule has 0 aliphatic carbocycles. The Bertz CT molecular complexity index is 296. The van der Waals surface area contributed by atoms with E-state index in [1.807, 2.05) is 0 Å². The molecule has 0 spiro atoms. The summed E-state index contributed by atoms with van der Waals surface area (Å²) in [6.07, 6.45) is 3.68. The molecule has 0 fully saturated rings. The second-order valence-corrected chi connectivity index (χ2v) is 5.44. The first-order chi connectivity index (χ1) is 9.06. The number of ketones is 1. The van der Waals surface area contributed by atoms with Crippen molar-refractivity contribution < 1.29 is 14.4 Å². The van der Waals surface area contributed by atoms with E-state index in [9.17, 15) is 14.4 Å². The normalized spacial score (nSPS) is 9.50. The molecule has 0 aromatic heterocycles. The quantitative estimate of drug-likeness (QED) is 0.570. The van der Waals surface area contributed by atoms with Gasteiger partial charge in [-0.15, -0.1) is 0 Å². The lowest BCUT2D eigenvalue weighted by atomic mass is 10.2. The molecule has 0 rings (SSSR count). The molecular weight excluding hydrogens is 276 g/mol. The van der Waals surface area contributed by atoms with Crippen molar-refractivity contribution in [3.05, 3.63) is 0 Å². The highest BCUT2D eigenvalue weighted by Gasteiger charge is 2.02. The molecule has 0 unspecified atom stereocenters. The summed E-state index contributed by atoms with van der Waals surface area (Å²) >= 11 is 1.49. The lowest BCUT2D eigenvalue weighted by Gasteiger charge is -2.05. The molecule has 0 aliphatic heterocycles. The van der Waals surface area contributed by atoms with Crippen LogP contribution in [0, 0.1) is 0 Å². The van der Waals surface area contributed by atoms with E-state index in [4.69, 9.17) is 0 Å². The number of rotatable bonds is 11. The van der Waals surface area contributed by atoms with E-state index in [1.54, 1.807) is 14.0 Å². The highest BCUT2D eigenvalue weighted by atomic mass is 32.2. The van der Waals surface area contributed by atoms with Gasteiger partial charge in [0.05, 0.1) is 5.75 Å². The molecule has 0 radical (unpaired) electrons. The highest BCUT2D eigenvalue weighted by molar-refractivity contribution is 7.99. The number of hydrogen-bond donors (Lipinski definition) is 2. The fourth-order valence-electron chi connectivity index (χ4n) is 1.41. The lowest BCUT2D eigenvalue weighted by Crippen LogP contribution is -2.24. The molecule has 6 heteroatoms. The molecule has 0 saturated carbocycles. The summed E-state index contributed by atoms with van der Waals surface area (Å²) in [6, 6.07) is 0. The van der Waals surface area contributed by atoms with E-state index in [0.717, 1.165) is 19.3 Å². The van der Waals surface area contributed by atoms with Crippen LogP contribution in [0.2, 0.25) is 0 Å². The van der Waals surface area contributed by atoms with Crippen LogP contribution in [-0.4, -0.2) is 42.7 Å². The van der Waals surface area contributed by atoms with Crippen LogP contribution < -0.4 is 10.6 Å². The van der Waals surface area contributed by atoms with Gasteiger partial charge in [0.2, 0.25) is 11.8 Å². The van der Waals surface area contributed by atoms with Gasteiger partial charge in [0.1, 0.15) is 5.78 Å². The van der Waals surface area contributed by atoms with Gasteiger partial charge in [-0.25, -0.2) is 0 Å². The van der Waals surface area contributed by atoms with Crippen molar-refractivity contribution in [3.63, 3.8) is 0 Å². The number of nitrogens with one attached hydrogen (secondary N) is 2. The predicted octanol–water partition coefficient (Wildman–Crippen LogP) is 1.76. The smallest absolute Gasteiger partial charge is 0.220 e. The summed E-state index contributed by atoms with van der Waals surface area (Å²) in [6.45, 7) is 2.20. The van der Waals surface area contributed by atoms with E-state index in [2.05, 4.69) is 10.6 Å². The third-order valence-electron chi connectivity index (χ3n) is 2.46. The Balaban J connectivity index is 0. The van der Waals surface area contributed by atoms with E-state index < -0.39 is 0 Å². The molecule has 0 atom stereocenters. The second-order valence-electron chi connectivity index (χ2n) is 4.34. The Morgan fingerprint density at radius 2 is 1.70 bits per heavy atom. The topological polar surface area (TPSA) is 75.3 Å². The fourth-order valence-corrected chi connectivity index (χ4v) is 2.17. The Morgan fingerprint density at radius 1 is 1.00 bits per heavy atom. The van der Waals surface area contributed by atoms with Gasteiger partial charge < -0.3 is 10.6 Å². The highest BCUT2D eigenvalue weighted by Crippen LogP contribution is 2.02. The predicted molar refractivity (Wildman–Crippen MR) is 84.9 cm³/mol. The number of carbonyl (C=O) groups is 3. The first-order valence-corrected chi connectivity index (χ1v) is 7.76. The molecule has 5 nitrogen and oxygen atoms in total. The van der Waals surface area contributed by atoms with E-state index in [-0.39, 0.29) is 25.0 Å². The summed E-state index contributed by atoms with van der Waals surface area (Å²) in [5.41, 5.74) is 0. The SMILES string of the molecule is C.CNC(=O)CCCCCNC(=O)CCSCC(C)=O. The molecule has 0 aromatic carbocycles. The maximum Gasteiger partial charge on any atom is 0.220 e. The third kappa shape index (κ3) is 15.0. The molecule has 0 saturated heterocycles. The maximum atomic E-state index is 11.4. The summed E-state index contributed by atoms with van der Waals surface area (Å²) in [4.78, 5) is 33.0. The zero-order valence-electron chi connectivity index (χ0n) is 11.8. The van der Waals surface area contributed by atoms with Crippen LogP contribution in [0.25, 0.3) is 0 Å². The molecular formula is C14H28N2O3S. The summed E-state index contributed by atoms with van der Waals surface area (Å²) < 4.78 is 0. The lowest BCUT2D eigenvalue weighted by molar-refractivity contribution is -0.121. The Kier molecular flexibility index (Phi) is 15.3. The van der Waals surface area contributed by atoms with Gasteiger partial charge >= 0.3 is 0 Å². The van der Waals surface area contributed by atoms with E-state index in [0.29, 0.717) is 30.9 Å². The van der Waals surface area contributed by atoms with Crippen LogP contribution in [-0.2, 0) is 14.4 Å². The number of thioether (sulfide) groups is 1. The molecule has 0 aliphatic rings. The van der Waals surface area contributed by atoms with Crippen molar-refractivity contribution in [2.75, 3.05) is 25.1 Å². The number of amides is 2. The molecule has 2 amide bonds. The van der Waals surface area contributed by atoms with Crippen molar-refractivity contribution in [1.82, 2.24) is 10.6 Å². The number of carbonyl (C=O) groups excluding carboxylic acids is 3. The second kappa shape index (κ2) is 14.4. The Morgan fingerprint density at radius 3 is 2.30 bits per heavy atom. The number of Topliss-reactive ketones (excluding diaryl/α,β-unsaturated/α-hetero) is 1. The zero-order chi connectivity index (χ0) is 14.5. The van der Waals surface area contributed by atoms with Crippen LogP contribution in [0.3, 0.4) is 0 Å². The first kappa shape index (κ1) is 21.3. The molecule has 0 heterocycles.